The Morgan fingerprint density at radius 3 is 2.61 bits per heavy atom. The summed E-state index contributed by atoms with van der Waals surface area (Å²) in [6.07, 6.45) is 0.534. The molecule has 33 heavy (non-hydrogen) atoms. The van der Waals surface area contributed by atoms with Crippen molar-refractivity contribution in [2.45, 2.75) is 31.3 Å². The van der Waals surface area contributed by atoms with Crippen molar-refractivity contribution >= 4 is 22.8 Å². The predicted molar refractivity (Wildman–Crippen MR) is 124 cm³/mol. The monoisotopic (exact) mass is 444 g/mol. The second-order valence-corrected chi connectivity index (χ2v) is 7.86. The van der Waals surface area contributed by atoms with E-state index in [1.54, 1.807) is 7.11 Å². The number of benzene rings is 3. The third-order valence-electron chi connectivity index (χ3n) is 5.87. The first-order valence-corrected chi connectivity index (χ1v) is 10.7. The predicted octanol–water partition coefficient (Wildman–Crippen LogP) is 5.05. The minimum Gasteiger partial charge on any atom is -0.496 e. The van der Waals surface area contributed by atoms with Crippen LogP contribution in [-0.2, 0) is 22.4 Å². The maximum atomic E-state index is 13.3. The number of carbonyl (C=O) groups is 2. The van der Waals surface area contributed by atoms with Crippen LogP contribution in [0, 0.1) is 0 Å². The van der Waals surface area contributed by atoms with Crippen molar-refractivity contribution in [1.82, 2.24) is 4.90 Å². The van der Waals surface area contributed by atoms with Gasteiger partial charge in [0.25, 0.3) is 0 Å². The number of aryl methyl sites for hydroxylation is 1. The van der Waals surface area contributed by atoms with Crippen LogP contribution in [0.25, 0.3) is 21.2 Å². The molecule has 1 aliphatic rings. The van der Waals surface area contributed by atoms with Crippen LogP contribution in [0.3, 0.4) is 0 Å². The molecule has 1 heterocycles. The smallest absolute Gasteiger partial charge is 0.416 e. The lowest BCUT2D eigenvalue weighted by atomic mass is 9.97. The average Bonchev–Trinajstić information content (AvgIpc) is 3.21. The Balaban J connectivity index is 1.53. The van der Waals surface area contributed by atoms with E-state index in [1.165, 1.54) is 0 Å². The summed E-state index contributed by atoms with van der Waals surface area (Å²) >= 11 is 0. The van der Waals surface area contributed by atoms with Crippen molar-refractivity contribution in [3.05, 3.63) is 88.3 Å². The topological polar surface area (TPSA) is 105 Å². The molecule has 0 spiro atoms. The van der Waals surface area contributed by atoms with Crippen LogP contribution in [0.2, 0.25) is 0 Å². The first kappa shape index (κ1) is 22.2. The lowest BCUT2D eigenvalue weighted by Gasteiger charge is -2.23. The highest BCUT2D eigenvalue weighted by atomic mass is 16.6. The maximum absolute atomic E-state index is 13.3. The van der Waals surface area contributed by atoms with E-state index in [1.807, 2.05) is 66.7 Å². The molecule has 2 unspecified atom stereocenters. The molecule has 0 radical (unpaired) electrons. The van der Waals surface area contributed by atoms with Crippen LogP contribution in [0.15, 0.2) is 71.8 Å². The Kier molecular flexibility index (Phi) is 6.76. The first-order valence-electron chi connectivity index (χ1n) is 10.7. The molecule has 0 saturated carbocycles. The number of hydrogen-bond acceptors (Lipinski definition) is 5. The summed E-state index contributed by atoms with van der Waals surface area (Å²) in [5.41, 5.74) is 11.1. The SMILES string of the molecule is COc1ccc(CCC(N=[N+]=[N-])C(=O)N2C(=O)OCC2Cc2ccccc2)c2ccccc12. The van der Waals surface area contributed by atoms with Gasteiger partial charge in [0.2, 0.25) is 5.91 Å². The molecule has 0 bridgehead atoms. The summed E-state index contributed by atoms with van der Waals surface area (Å²) in [4.78, 5) is 29.6. The molecule has 1 fully saturated rings. The Morgan fingerprint density at radius 2 is 1.88 bits per heavy atom. The number of imide groups is 1. The Hall–Kier alpha value is -4.03. The van der Waals surface area contributed by atoms with Crippen molar-refractivity contribution in [3.8, 4) is 5.75 Å². The zero-order chi connectivity index (χ0) is 23.2. The number of rotatable bonds is 8. The van der Waals surface area contributed by atoms with Gasteiger partial charge in [-0.2, -0.15) is 0 Å². The quantitative estimate of drug-likeness (QED) is 0.275. The number of ether oxygens (including phenoxy) is 2. The fourth-order valence-corrected chi connectivity index (χ4v) is 4.24. The van der Waals surface area contributed by atoms with E-state index < -0.39 is 24.1 Å². The van der Waals surface area contributed by atoms with Gasteiger partial charge in [-0.25, -0.2) is 9.69 Å². The third kappa shape index (κ3) is 4.76. The van der Waals surface area contributed by atoms with Crippen LogP contribution in [0.5, 0.6) is 5.75 Å². The molecule has 2 atom stereocenters. The Morgan fingerprint density at radius 1 is 1.15 bits per heavy atom. The number of fused-ring (bicyclic) bond motifs is 1. The Labute approximate surface area is 191 Å². The fraction of sp³-hybridized carbons (Fsp3) is 0.280. The van der Waals surface area contributed by atoms with Crippen LogP contribution in [0.4, 0.5) is 4.79 Å². The highest BCUT2D eigenvalue weighted by Gasteiger charge is 2.40. The van der Waals surface area contributed by atoms with E-state index in [0.717, 1.165) is 32.5 Å². The van der Waals surface area contributed by atoms with E-state index in [0.29, 0.717) is 12.8 Å². The van der Waals surface area contributed by atoms with Gasteiger partial charge in [0.15, 0.2) is 0 Å². The van der Waals surface area contributed by atoms with E-state index in [9.17, 15) is 9.59 Å². The zero-order valence-corrected chi connectivity index (χ0v) is 18.3. The van der Waals surface area contributed by atoms with Gasteiger partial charge in [0, 0.05) is 10.3 Å². The van der Waals surface area contributed by atoms with Gasteiger partial charge in [-0.05, 0) is 47.4 Å². The normalized spacial score (nSPS) is 16.2. The van der Waals surface area contributed by atoms with Gasteiger partial charge in [0.05, 0.1) is 13.2 Å². The molecule has 8 nitrogen and oxygen atoms in total. The number of hydrogen-bond donors (Lipinski definition) is 0. The van der Waals surface area contributed by atoms with Crippen molar-refractivity contribution in [2.24, 2.45) is 5.11 Å². The van der Waals surface area contributed by atoms with Crippen molar-refractivity contribution < 1.29 is 19.1 Å². The summed E-state index contributed by atoms with van der Waals surface area (Å²) in [7, 11) is 1.62. The van der Waals surface area contributed by atoms with Crippen LogP contribution in [-0.4, -0.2) is 42.7 Å². The zero-order valence-electron chi connectivity index (χ0n) is 18.3. The second kappa shape index (κ2) is 10.1. The average molecular weight is 444 g/mol. The number of cyclic esters (lactones) is 1. The molecule has 3 aromatic rings. The van der Waals surface area contributed by atoms with E-state index in [2.05, 4.69) is 10.0 Å². The minimum absolute atomic E-state index is 0.117. The van der Waals surface area contributed by atoms with Crippen LogP contribution in [0.1, 0.15) is 17.5 Å². The standard InChI is InChI=1S/C25H24N4O4/c1-32-23-14-12-18(20-9-5-6-10-21(20)23)11-13-22(27-28-26)24(30)29-19(16-33-25(29)31)15-17-7-3-2-4-8-17/h2-10,12,14,19,22H,11,13,15-16H2,1H3. The number of amides is 2. The van der Waals surface area contributed by atoms with E-state index in [4.69, 9.17) is 15.0 Å². The lowest BCUT2D eigenvalue weighted by Crippen LogP contribution is -2.45. The molecular formula is C25H24N4O4. The highest BCUT2D eigenvalue weighted by molar-refractivity contribution is 5.96. The van der Waals surface area contributed by atoms with Crippen molar-refractivity contribution in [1.29, 1.82) is 0 Å². The van der Waals surface area contributed by atoms with E-state index in [-0.39, 0.29) is 13.0 Å². The largest absolute Gasteiger partial charge is 0.496 e. The van der Waals surface area contributed by atoms with Crippen LogP contribution < -0.4 is 4.74 Å². The Bertz CT molecular complexity index is 1210. The van der Waals surface area contributed by atoms with Gasteiger partial charge < -0.3 is 9.47 Å². The summed E-state index contributed by atoms with van der Waals surface area (Å²) in [6.45, 7) is 0.117. The van der Waals surface area contributed by atoms with Crippen LogP contribution >= 0.6 is 0 Å². The third-order valence-corrected chi connectivity index (χ3v) is 5.87. The molecule has 0 aliphatic carbocycles. The van der Waals surface area contributed by atoms with Gasteiger partial charge in [-0.3, -0.25) is 4.79 Å². The molecular weight excluding hydrogens is 420 g/mol. The maximum Gasteiger partial charge on any atom is 0.416 e. The fourth-order valence-electron chi connectivity index (χ4n) is 4.24. The molecule has 168 valence electrons. The molecule has 0 N–H and O–H groups in total. The van der Waals surface area contributed by atoms with Gasteiger partial charge in [0.1, 0.15) is 18.4 Å². The molecule has 3 aromatic carbocycles. The van der Waals surface area contributed by atoms with Gasteiger partial charge in [-0.15, -0.1) is 0 Å². The number of carbonyl (C=O) groups excluding carboxylic acids is 2. The summed E-state index contributed by atoms with van der Waals surface area (Å²) in [5.74, 6) is 0.231. The first-order chi connectivity index (χ1) is 16.1. The molecule has 2 amide bonds. The summed E-state index contributed by atoms with van der Waals surface area (Å²) < 4.78 is 10.6. The number of nitrogens with zero attached hydrogens (tertiary/aromatic N) is 4. The highest BCUT2D eigenvalue weighted by Crippen LogP contribution is 2.30. The summed E-state index contributed by atoms with van der Waals surface area (Å²) in [5, 5.41) is 5.70. The van der Waals surface area contributed by atoms with Gasteiger partial charge in [-0.1, -0.05) is 65.8 Å². The van der Waals surface area contributed by atoms with E-state index >= 15 is 0 Å². The second-order valence-electron chi connectivity index (χ2n) is 7.86. The lowest BCUT2D eigenvalue weighted by molar-refractivity contribution is -0.130. The summed E-state index contributed by atoms with van der Waals surface area (Å²) in [6, 6.07) is 19.8. The minimum atomic E-state index is -1.01. The van der Waals surface area contributed by atoms with Crippen molar-refractivity contribution in [2.75, 3.05) is 13.7 Å². The van der Waals surface area contributed by atoms with Crippen molar-refractivity contribution in [3.63, 3.8) is 0 Å². The number of methoxy groups -OCH3 is 1. The molecule has 1 saturated heterocycles. The molecule has 1 aliphatic heterocycles. The van der Waals surface area contributed by atoms with Gasteiger partial charge >= 0.3 is 6.09 Å². The molecule has 0 aromatic heterocycles. The molecule has 8 heteroatoms. The molecule has 4 rings (SSSR count). The number of azide groups is 1.